The fraction of sp³-hybridized carbons (Fsp3) is 0.519. The molecule has 0 spiro atoms. The summed E-state index contributed by atoms with van der Waals surface area (Å²) in [4.78, 5) is 41.7. The fourth-order valence-electron chi connectivity index (χ4n) is 4.75. The summed E-state index contributed by atoms with van der Waals surface area (Å²) in [6.45, 7) is 12.8. The lowest BCUT2D eigenvalue weighted by Gasteiger charge is -2.31. The molecule has 2 aromatic rings. The quantitative estimate of drug-likeness (QED) is 0.400. The van der Waals surface area contributed by atoms with E-state index in [-0.39, 0.29) is 24.4 Å². The van der Waals surface area contributed by atoms with Gasteiger partial charge in [-0.3, -0.25) is 9.59 Å². The number of amides is 1. The minimum Gasteiger partial charge on any atom is -0.461 e. The first kappa shape index (κ1) is 25.7. The molecule has 1 amide bonds. The van der Waals surface area contributed by atoms with Crippen LogP contribution >= 0.6 is 0 Å². The van der Waals surface area contributed by atoms with E-state index in [1.165, 1.54) is 0 Å². The monoisotopic (exact) mass is 468 g/mol. The molecule has 0 aliphatic carbocycles. The van der Waals surface area contributed by atoms with Crippen LogP contribution in [-0.4, -0.2) is 59.0 Å². The Bertz CT molecular complexity index is 1050. The van der Waals surface area contributed by atoms with Gasteiger partial charge in [0.15, 0.2) is 5.78 Å². The molecule has 0 bridgehead atoms. The highest BCUT2D eigenvalue weighted by atomic mass is 16.5. The maximum atomic E-state index is 13.9. The number of benzene rings is 1. The Kier molecular flexibility index (Phi) is 8.31. The molecule has 7 heteroatoms. The van der Waals surface area contributed by atoms with Crippen molar-refractivity contribution in [2.45, 2.75) is 73.1 Å². The van der Waals surface area contributed by atoms with Crippen LogP contribution in [0.25, 0.3) is 0 Å². The number of ether oxygens (including phenoxy) is 2. The maximum Gasteiger partial charge on any atom is 0.355 e. The van der Waals surface area contributed by atoms with Crippen LogP contribution in [0.15, 0.2) is 24.3 Å². The summed E-state index contributed by atoms with van der Waals surface area (Å²) in [5, 5.41) is 0. The van der Waals surface area contributed by atoms with Gasteiger partial charge in [0.2, 0.25) is 0 Å². The molecule has 184 valence electrons. The van der Waals surface area contributed by atoms with Gasteiger partial charge in [0.25, 0.3) is 5.91 Å². The Morgan fingerprint density at radius 1 is 1.15 bits per heavy atom. The van der Waals surface area contributed by atoms with Gasteiger partial charge < -0.3 is 18.9 Å². The van der Waals surface area contributed by atoms with Crippen LogP contribution in [0, 0.1) is 20.8 Å². The lowest BCUT2D eigenvalue weighted by Crippen LogP contribution is -2.47. The first-order chi connectivity index (χ1) is 16.2. The minimum absolute atomic E-state index is 0.0952. The number of carbonyl (C=O) groups excluding carboxylic acids is 3. The number of Topliss-reactive ketones (excluding diaryl/α,β-unsaturated/α-hetero) is 1. The number of aryl methyl sites for hydroxylation is 1. The minimum atomic E-state index is -0.724. The van der Waals surface area contributed by atoms with Crippen LogP contribution in [0.5, 0.6) is 0 Å². The molecule has 1 saturated heterocycles. The highest BCUT2D eigenvalue weighted by Crippen LogP contribution is 2.27. The average Bonchev–Trinajstić information content (AvgIpc) is 3.42. The van der Waals surface area contributed by atoms with E-state index >= 15 is 0 Å². The van der Waals surface area contributed by atoms with Gasteiger partial charge in [-0.2, -0.15) is 0 Å². The van der Waals surface area contributed by atoms with Crippen molar-refractivity contribution in [1.29, 1.82) is 0 Å². The Morgan fingerprint density at radius 2 is 1.82 bits per heavy atom. The van der Waals surface area contributed by atoms with Gasteiger partial charge in [-0.15, -0.1) is 0 Å². The lowest BCUT2D eigenvalue weighted by molar-refractivity contribution is 0.0410. The number of esters is 1. The molecule has 1 aromatic heterocycles. The SMILES string of the molecule is CCOC(=O)c1c(C)c(C(=O)C(C)N(CC2CCCO2)C(=O)c2ccc(C)cc2)c(C)n1CC. The van der Waals surface area contributed by atoms with Crippen LogP contribution in [0.2, 0.25) is 0 Å². The third kappa shape index (κ3) is 5.09. The zero-order valence-corrected chi connectivity index (χ0v) is 21.1. The molecule has 7 nitrogen and oxygen atoms in total. The fourth-order valence-corrected chi connectivity index (χ4v) is 4.75. The standard InChI is InChI=1S/C27H36N2O5/c1-7-28-19(5)23(18(4)24(28)27(32)33-8-2)25(30)20(6)29(16-22-10-9-15-34-22)26(31)21-13-11-17(3)12-14-21/h11-14,20,22H,7-10,15-16H2,1-6H3. The summed E-state index contributed by atoms with van der Waals surface area (Å²) in [5.41, 5.74) is 3.77. The van der Waals surface area contributed by atoms with Gasteiger partial charge in [0.1, 0.15) is 5.69 Å². The summed E-state index contributed by atoms with van der Waals surface area (Å²) in [6.07, 6.45) is 1.71. The van der Waals surface area contributed by atoms with Crippen molar-refractivity contribution < 1.29 is 23.9 Å². The van der Waals surface area contributed by atoms with Crippen molar-refractivity contribution in [1.82, 2.24) is 9.47 Å². The van der Waals surface area contributed by atoms with Crippen molar-refractivity contribution in [3.8, 4) is 0 Å². The third-order valence-electron chi connectivity index (χ3n) is 6.63. The first-order valence-electron chi connectivity index (χ1n) is 12.1. The Labute approximate surface area is 202 Å². The molecule has 1 aromatic carbocycles. The van der Waals surface area contributed by atoms with Crippen LogP contribution in [0.4, 0.5) is 0 Å². The molecule has 34 heavy (non-hydrogen) atoms. The van der Waals surface area contributed by atoms with E-state index in [2.05, 4.69) is 0 Å². The van der Waals surface area contributed by atoms with E-state index < -0.39 is 12.0 Å². The van der Waals surface area contributed by atoms with E-state index in [1.54, 1.807) is 37.8 Å². The number of nitrogens with zero attached hydrogens (tertiary/aromatic N) is 2. The molecule has 0 saturated carbocycles. The zero-order valence-electron chi connectivity index (χ0n) is 21.1. The summed E-state index contributed by atoms with van der Waals surface area (Å²) < 4.78 is 12.9. The van der Waals surface area contributed by atoms with Gasteiger partial charge >= 0.3 is 5.97 Å². The van der Waals surface area contributed by atoms with Crippen molar-refractivity contribution >= 4 is 17.7 Å². The molecule has 0 N–H and O–H groups in total. The topological polar surface area (TPSA) is 77.8 Å². The Morgan fingerprint density at radius 3 is 2.38 bits per heavy atom. The van der Waals surface area contributed by atoms with E-state index in [4.69, 9.17) is 9.47 Å². The van der Waals surface area contributed by atoms with Crippen molar-refractivity contribution in [3.05, 3.63) is 57.9 Å². The zero-order chi connectivity index (χ0) is 25.0. The second-order valence-electron chi connectivity index (χ2n) is 8.90. The average molecular weight is 469 g/mol. The second kappa shape index (κ2) is 11.0. The van der Waals surface area contributed by atoms with E-state index in [1.807, 2.05) is 37.5 Å². The summed E-state index contributed by atoms with van der Waals surface area (Å²) in [5.74, 6) is -0.831. The summed E-state index contributed by atoms with van der Waals surface area (Å²) in [7, 11) is 0. The smallest absolute Gasteiger partial charge is 0.355 e. The van der Waals surface area contributed by atoms with Crippen molar-refractivity contribution in [2.75, 3.05) is 19.8 Å². The molecule has 2 heterocycles. The van der Waals surface area contributed by atoms with Crippen LogP contribution in [0.1, 0.15) is 81.6 Å². The molecule has 1 aliphatic rings. The van der Waals surface area contributed by atoms with Crippen LogP contribution in [0.3, 0.4) is 0 Å². The van der Waals surface area contributed by atoms with Crippen molar-refractivity contribution in [3.63, 3.8) is 0 Å². The van der Waals surface area contributed by atoms with Gasteiger partial charge in [-0.05, 0) is 72.1 Å². The third-order valence-corrected chi connectivity index (χ3v) is 6.63. The summed E-state index contributed by atoms with van der Waals surface area (Å²) >= 11 is 0. The first-order valence-corrected chi connectivity index (χ1v) is 12.1. The summed E-state index contributed by atoms with van der Waals surface area (Å²) in [6, 6.07) is 6.65. The van der Waals surface area contributed by atoms with E-state index in [9.17, 15) is 14.4 Å². The Balaban J connectivity index is 1.99. The molecular weight excluding hydrogens is 432 g/mol. The molecule has 1 aliphatic heterocycles. The number of rotatable bonds is 9. The number of hydrogen-bond donors (Lipinski definition) is 0. The van der Waals surface area contributed by atoms with Gasteiger partial charge in [0.05, 0.1) is 18.8 Å². The lowest BCUT2D eigenvalue weighted by atomic mass is 9.98. The molecular formula is C27H36N2O5. The van der Waals surface area contributed by atoms with Crippen LogP contribution < -0.4 is 0 Å². The molecule has 2 unspecified atom stereocenters. The largest absolute Gasteiger partial charge is 0.461 e. The Hall–Kier alpha value is -2.93. The van der Waals surface area contributed by atoms with E-state index in [0.29, 0.717) is 47.8 Å². The predicted molar refractivity (Wildman–Crippen MR) is 131 cm³/mol. The van der Waals surface area contributed by atoms with Gasteiger partial charge in [0, 0.05) is 36.5 Å². The number of hydrogen-bond acceptors (Lipinski definition) is 5. The van der Waals surface area contributed by atoms with Gasteiger partial charge in [-0.25, -0.2) is 4.79 Å². The maximum absolute atomic E-state index is 13.9. The number of carbonyl (C=O) groups is 3. The number of aromatic nitrogens is 1. The van der Waals surface area contributed by atoms with Crippen LogP contribution in [-0.2, 0) is 16.0 Å². The van der Waals surface area contributed by atoms with E-state index in [0.717, 1.165) is 18.4 Å². The molecule has 3 rings (SSSR count). The van der Waals surface area contributed by atoms with Crippen molar-refractivity contribution in [2.24, 2.45) is 0 Å². The second-order valence-corrected chi connectivity index (χ2v) is 8.90. The predicted octanol–water partition coefficient (Wildman–Crippen LogP) is 4.50. The molecule has 1 fully saturated rings. The normalized spacial score (nSPS) is 16.4. The van der Waals surface area contributed by atoms with Gasteiger partial charge in [-0.1, -0.05) is 17.7 Å². The molecule has 0 radical (unpaired) electrons. The highest BCUT2D eigenvalue weighted by Gasteiger charge is 2.35. The molecule has 2 atom stereocenters. The highest BCUT2D eigenvalue weighted by molar-refractivity contribution is 6.07. The number of ketones is 1.